The lowest BCUT2D eigenvalue weighted by Gasteiger charge is -2.29. The van der Waals surface area contributed by atoms with Gasteiger partial charge in [-0.05, 0) is 56.2 Å². The Hall–Kier alpha value is -4.15. The van der Waals surface area contributed by atoms with Gasteiger partial charge in [0.05, 0.1) is 47.8 Å². The Balaban J connectivity index is 1.40. The zero-order chi connectivity index (χ0) is 27.1. The summed E-state index contributed by atoms with van der Waals surface area (Å²) in [6, 6.07) is 13.3. The average Bonchev–Trinajstić information content (AvgIpc) is 2.95. The van der Waals surface area contributed by atoms with Gasteiger partial charge in [-0.3, -0.25) is 9.78 Å². The highest BCUT2D eigenvalue weighted by Crippen LogP contribution is 2.34. The number of nitrogens with one attached hydrogen (secondary N) is 1. The van der Waals surface area contributed by atoms with E-state index in [4.69, 9.17) is 13.9 Å². The number of nitrogens with zero attached hydrogens (tertiary/aromatic N) is 3. The molecule has 39 heavy (non-hydrogen) atoms. The molecule has 2 aromatic heterocycles. The maximum Gasteiger partial charge on any atom is 0.583 e. The van der Waals surface area contributed by atoms with Crippen molar-refractivity contribution < 1.29 is 18.9 Å². The fourth-order valence-electron chi connectivity index (χ4n) is 5.27. The summed E-state index contributed by atoms with van der Waals surface area (Å²) in [6.45, 7) is 8.43. The summed E-state index contributed by atoms with van der Waals surface area (Å²) in [6.07, 6.45) is 3.33. The first-order valence-electron chi connectivity index (χ1n) is 13.0. The Morgan fingerprint density at radius 2 is 1.95 bits per heavy atom. The number of anilines is 2. The molecule has 9 nitrogen and oxygen atoms in total. The minimum atomic E-state index is -1.09. The van der Waals surface area contributed by atoms with Gasteiger partial charge in [-0.2, -0.15) is 0 Å². The molecule has 0 saturated carbocycles. The van der Waals surface area contributed by atoms with Crippen LogP contribution in [-0.2, 0) is 9.49 Å². The number of pyridine rings is 1. The van der Waals surface area contributed by atoms with Gasteiger partial charge in [-0.15, -0.1) is 5.16 Å². The van der Waals surface area contributed by atoms with E-state index in [1.807, 2.05) is 57.2 Å². The molecule has 4 heterocycles. The monoisotopic (exact) mass is 524 g/mol. The molecule has 2 aliphatic rings. The number of morpholine rings is 1. The van der Waals surface area contributed by atoms with Gasteiger partial charge in [0.25, 0.3) is 0 Å². The topological polar surface area (TPSA) is 109 Å². The molecule has 0 amide bonds. The van der Waals surface area contributed by atoms with Crippen molar-refractivity contribution in [2.75, 3.05) is 36.5 Å². The van der Waals surface area contributed by atoms with E-state index in [-0.39, 0.29) is 11.5 Å². The molecule has 0 unspecified atom stereocenters. The lowest BCUT2D eigenvalue weighted by atomic mass is 9.75. The summed E-state index contributed by atoms with van der Waals surface area (Å²) in [7, 11) is -1.09. The first kappa shape index (κ1) is 25.2. The van der Waals surface area contributed by atoms with E-state index in [1.165, 1.54) is 0 Å². The normalized spacial score (nSPS) is 15.7. The zero-order valence-electron chi connectivity index (χ0n) is 22.1. The zero-order valence-corrected chi connectivity index (χ0v) is 22.1. The molecule has 1 atom stereocenters. The summed E-state index contributed by atoms with van der Waals surface area (Å²) in [5, 5.41) is 18.0. The van der Waals surface area contributed by atoms with Crippen LogP contribution in [0.15, 0.2) is 63.0 Å². The highest BCUT2D eigenvalue weighted by molar-refractivity contribution is 6.62. The summed E-state index contributed by atoms with van der Waals surface area (Å²) >= 11 is 0. The number of benzene rings is 2. The second kappa shape index (κ2) is 10.2. The Labute approximate surface area is 226 Å². The van der Waals surface area contributed by atoms with Crippen LogP contribution in [0.3, 0.4) is 0 Å². The standard InChI is InChI=1S/C29H29BN4O5/c1-17-13-22(28-23(14-17)27(35)18(2)29(38-28)34-9-11-37-12-10-34)19(3)33-25-5-4-8-31-26(25)20-6-7-24-21(15-20)16-32-39-30(24)36/h4-8,13-16,19,33,36H,9-12H2,1-3H3/t19-/m1/s1. The Kier molecular flexibility index (Phi) is 6.58. The minimum absolute atomic E-state index is 0.0150. The fraction of sp³-hybridized carbons (Fsp3) is 0.276. The number of rotatable bonds is 5. The largest absolute Gasteiger partial charge is 0.583 e. The first-order chi connectivity index (χ1) is 18.9. The molecule has 0 bridgehead atoms. The van der Waals surface area contributed by atoms with Crippen LogP contribution in [0, 0.1) is 13.8 Å². The number of aromatic nitrogens is 1. The van der Waals surface area contributed by atoms with Gasteiger partial charge in [0, 0.05) is 35.9 Å². The van der Waals surface area contributed by atoms with Crippen LogP contribution in [-0.4, -0.2) is 49.6 Å². The molecule has 10 heteroatoms. The van der Waals surface area contributed by atoms with Gasteiger partial charge in [-0.25, -0.2) is 0 Å². The predicted octanol–water partition coefficient (Wildman–Crippen LogP) is 3.53. The Morgan fingerprint density at radius 1 is 1.13 bits per heavy atom. The lowest BCUT2D eigenvalue weighted by molar-refractivity contribution is 0.120. The van der Waals surface area contributed by atoms with Crippen molar-refractivity contribution in [3.05, 3.63) is 81.1 Å². The predicted molar refractivity (Wildman–Crippen MR) is 153 cm³/mol. The molecule has 1 fully saturated rings. The molecule has 0 aliphatic carbocycles. The van der Waals surface area contributed by atoms with Crippen LogP contribution >= 0.6 is 0 Å². The van der Waals surface area contributed by atoms with Crippen LogP contribution in [0.1, 0.15) is 35.2 Å². The van der Waals surface area contributed by atoms with Gasteiger partial charge < -0.3 is 29.1 Å². The van der Waals surface area contributed by atoms with E-state index >= 15 is 0 Å². The van der Waals surface area contributed by atoms with Crippen LogP contribution in [0.2, 0.25) is 0 Å². The molecule has 0 spiro atoms. The summed E-state index contributed by atoms with van der Waals surface area (Å²) < 4.78 is 17.0. The molecular formula is C29H29BN4O5. The van der Waals surface area contributed by atoms with Crippen molar-refractivity contribution in [3.8, 4) is 11.3 Å². The number of hydrogen-bond donors (Lipinski definition) is 2. The van der Waals surface area contributed by atoms with Crippen LogP contribution in [0.4, 0.5) is 11.6 Å². The quantitative estimate of drug-likeness (QED) is 0.382. The van der Waals surface area contributed by atoms with Crippen molar-refractivity contribution in [2.24, 2.45) is 5.16 Å². The second-order valence-corrected chi connectivity index (χ2v) is 9.99. The summed E-state index contributed by atoms with van der Waals surface area (Å²) in [4.78, 5) is 20.2. The van der Waals surface area contributed by atoms with Gasteiger partial charge in [-0.1, -0.05) is 18.2 Å². The van der Waals surface area contributed by atoms with E-state index in [9.17, 15) is 9.82 Å². The van der Waals surface area contributed by atoms with Crippen LogP contribution < -0.4 is 21.1 Å². The van der Waals surface area contributed by atoms with Gasteiger partial charge in [0.15, 0.2) is 5.43 Å². The number of fused-ring (bicyclic) bond motifs is 2. The molecule has 0 radical (unpaired) electrons. The van der Waals surface area contributed by atoms with Crippen molar-refractivity contribution >= 4 is 41.3 Å². The molecule has 1 saturated heterocycles. The summed E-state index contributed by atoms with van der Waals surface area (Å²) in [5.74, 6) is 0.608. The van der Waals surface area contributed by atoms with Gasteiger partial charge >= 0.3 is 7.12 Å². The van der Waals surface area contributed by atoms with Crippen molar-refractivity contribution in [2.45, 2.75) is 26.8 Å². The van der Waals surface area contributed by atoms with Crippen molar-refractivity contribution in [1.29, 1.82) is 0 Å². The third-order valence-corrected chi connectivity index (χ3v) is 7.29. The number of ether oxygens (including phenoxy) is 1. The molecule has 2 N–H and O–H groups in total. The van der Waals surface area contributed by atoms with E-state index < -0.39 is 7.12 Å². The van der Waals surface area contributed by atoms with Gasteiger partial charge in [0.2, 0.25) is 5.88 Å². The van der Waals surface area contributed by atoms with Gasteiger partial charge in [0.1, 0.15) is 5.58 Å². The van der Waals surface area contributed by atoms with E-state index in [0.717, 1.165) is 33.6 Å². The van der Waals surface area contributed by atoms with Crippen molar-refractivity contribution in [3.63, 3.8) is 0 Å². The Morgan fingerprint density at radius 3 is 2.77 bits per heavy atom. The molecular weight excluding hydrogens is 495 g/mol. The maximum absolute atomic E-state index is 13.5. The Bertz CT molecular complexity index is 1650. The first-order valence-corrected chi connectivity index (χ1v) is 13.0. The number of aryl methyl sites for hydroxylation is 1. The SMILES string of the molecule is Cc1cc([C@@H](C)Nc2cccnc2-c2ccc3c(c2)C=NOB3O)c2oc(N3CCOCC3)c(C)c(=O)c2c1. The smallest absolute Gasteiger partial charge is 0.440 e. The molecule has 6 rings (SSSR count). The van der Waals surface area contributed by atoms with Crippen molar-refractivity contribution in [1.82, 2.24) is 4.98 Å². The van der Waals surface area contributed by atoms with Crippen LogP contribution in [0.25, 0.3) is 22.2 Å². The number of hydrogen-bond acceptors (Lipinski definition) is 9. The summed E-state index contributed by atoms with van der Waals surface area (Å²) in [5.41, 5.74) is 6.94. The highest BCUT2D eigenvalue weighted by Gasteiger charge is 2.26. The molecule has 2 aromatic carbocycles. The number of oxime groups is 1. The minimum Gasteiger partial charge on any atom is -0.440 e. The third-order valence-electron chi connectivity index (χ3n) is 7.29. The lowest BCUT2D eigenvalue weighted by Crippen LogP contribution is -2.37. The van der Waals surface area contributed by atoms with E-state index in [1.54, 1.807) is 12.4 Å². The average molecular weight is 524 g/mol. The molecule has 2 aliphatic heterocycles. The molecule has 4 aromatic rings. The van der Waals surface area contributed by atoms with E-state index in [0.29, 0.717) is 54.2 Å². The van der Waals surface area contributed by atoms with Crippen LogP contribution in [0.5, 0.6) is 0 Å². The maximum atomic E-state index is 13.5. The van der Waals surface area contributed by atoms with E-state index in [2.05, 4.69) is 26.4 Å². The fourth-order valence-corrected chi connectivity index (χ4v) is 5.27. The highest BCUT2D eigenvalue weighted by atomic mass is 16.6. The third kappa shape index (κ3) is 4.66. The second-order valence-electron chi connectivity index (χ2n) is 9.99. The molecule has 198 valence electrons.